The smallest absolute Gasteiger partial charge is 0.283 e. The SMILES string of the molecule is CC1=Nc2ccccc2C1=Cc1c(N)n2nc(-c3ccc(O)cc3)sc2nc1=O. The van der Waals surface area contributed by atoms with Crippen LogP contribution in [0.5, 0.6) is 5.75 Å². The predicted octanol–water partition coefficient (Wildman–Crippen LogP) is 3.75. The molecule has 0 fully saturated rings. The number of aliphatic imine (C=N–C) groups is 1. The lowest BCUT2D eigenvalue weighted by Crippen LogP contribution is -2.17. The van der Waals surface area contributed by atoms with E-state index in [1.807, 2.05) is 31.2 Å². The van der Waals surface area contributed by atoms with Crippen LogP contribution in [0.15, 0.2) is 58.3 Å². The number of nitrogens with two attached hydrogens (primary N) is 1. The summed E-state index contributed by atoms with van der Waals surface area (Å²) in [6.07, 6.45) is 1.74. The molecule has 2 aromatic heterocycles. The van der Waals surface area contributed by atoms with E-state index < -0.39 is 5.56 Å². The van der Waals surface area contributed by atoms with Gasteiger partial charge in [-0.25, -0.2) is 0 Å². The number of phenols is 1. The third-order valence-corrected chi connectivity index (χ3v) is 5.72. The number of nitrogens with zero attached hydrogens (tertiary/aromatic N) is 4. The number of aromatic hydroxyl groups is 1. The largest absolute Gasteiger partial charge is 0.508 e. The Bertz CT molecular complexity index is 1400. The summed E-state index contributed by atoms with van der Waals surface area (Å²) in [5.74, 6) is 0.399. The van der Waals surface area contributed by atoms with Crippen LogP contribution in [-0.2, 0) is 0 Å². The molecule has 0 unspecified atom stereocenters. The van der Waals surface area contributed by atoms with E-state index in [1.165, 1.54) is 15.9 Å². The number of phenolic OH excluding ortho intramolecular Hbond substituents is 1. The molecule has 2 aromatic carbocycles. The van der Waals surface area contributed by atoms with Crippen LogP contribution in [0, 0.1) is 0 Å². The molecule has 0 saturated carbocycles. The Hall–Kier alpha value is -3.78. The Balaban J connectivity index is 1.67. The molecule has 0 bridgehead atoms. The number of anilines is 1. The molecule has 7 nitrogen and oxygen atoms in total. The first-order valence-corrected chi connectivity index (χ1v) is 9.68. The molecule has 4 aromatic rings. The topological polar surface area (TPSA) is 106 Å². The van der Waals surface area contributed by atoms with Crippen molar-refractivity contribution in [3.05, 3.63) is 70.0 Å². The molecule has 0 saturated heterocycles. The van der Waals surface area contributed by atoms with Gasteiger partial charge in [-0.15, -0.1) is 0 Å². The van der Waals surface area contributed by atoms with E-state index in [0.717, 1.165) is 28.1 Å². The highest BCUT2D eigenvalue weighted by Crippen LogP contribution is 2.36. The molecule has 0 atom stereocenters. The predicted molar refractivity (Wildman–Crippen MR) is 116 cm³/mol. The van der Waals surface area contributed by atoms with Crippen LogP contribution in [-0.4, -0.2) is 25.4 Å². The molecule has 142 valence electrons. The summed E-state index contributed by atoms with van der Waals surface area (Å²) in [4.78, 5) is 21.8. The maximum Gasteiger partial charge on any atom is 0.283 e. The molecular weight excluding hydrogens is 386 g/mol. The number of fused-ring (bicyclic) bond motifs is 2. The summed E-state index contributed by atoms with van der Waals surface area (Å²) < 4.78 is 1.48. The van der Waals surface area contributed by atoms with Gasteiger partial charge in [0.15, 0.2) is 0 Å². The number of aromatic nitrogens is 3. The number of nitrogen functional groups attached to an aromatic ring is 1. The summed E-state index contributed by atoms with van der Waals surface area (Å²) in [5.41, 5.74) is 10.5. The summed E-state index contributed by atoms with van der Waals surface area (Å²) >= 11 is 1.26. The van der Waals surface area contributed by atoms with Crippen molar-refractivity contribution in [3.8, 4) is 16.3 Å². The van der Waals surface area contributed by atoms with E-state index in [2.05, 4.69) is 15.1 Å². The Morgan fingerprint density at radius 1 is 1.14 bits per heavy atom. The third-order valence-electron chi connectivity index (χ3n) is 4.77. The number of para-hydroxylation sites is 1. The third kappa shape index (κ3) is 2.81. The fraction of sp³-hybridized carbons (Fsp3) is 0.0476. The number of rotatable bonds is 2. The van der Waals surface area contributed by atoms with Crippen molar-refractivity contribution in [3.63, 3.8) is 0 Å². The van der Waals surface area contributed by atoms with Gasteiger partial charge in [-0.2, -0.15) is 14.6 Å². The molecule has 3 N–H and O–H groups in total. The lowest BCUT2D eigenvalue weighted by atomic mass is 10.0. The first-order chi connectivity index (χ1) is 14.0. The molecule has 8 heteroatoms. The molecule has 0 aliphatic carbocycles. The van der Waals surface area contributed by atoms with Gasteiger partial charge in [-0.05, 0) is 43.3 Å². The van der Waals surface area contributed by atoms with E-state index in [0.29, 0.717) is 9.97 Å². The highest BCUT2D eigenvalue weighted by atomic mass is 32.1. The maximum absolute atomic E-state index is 12.7. The molecular formula is C21H15N5O2S. The van der Waals surface area contributed by atoms with Gasteiger partial charge in [0.05, 0.1) is 11.3 Å². The lowest BCUT2D eigenvalue weighted by Gasteiger charge is -2.04. The fourth-order valence-corrected chi connectivity index (χ4v) is 4.20. The van der Waals surface area contributed by atoms with Crippen LogP contribution in [0.2, 0.25) is 0 Å². The molecule has 5 rings (SSSR count). The number of allylic oxidation sites excluding steroid dienone is 1. The van der Waals surface area contributed by atoms with Crippen molar-refractivity contribution in [2.75, 3.05) is 5.73 Å². The monoisotopic (exact) mass is 401 g/mol. The summed E-state index contributed by atoms with van der Waals surface area (Å²) in [6, 6.07) is 14.4. The molecule has 3 heterocycles. The zero-order valence-corrected chi connectivity index (χ0v) is 16.1. The van der Waals surface area contributed by atoms with Gasteiger partial charge in [0.1, 0.15) is 16.6 Å². The van der Waals surface area contributed by atoms with Crippen molar-refractivity contribution < 1.29 is 5.11 Å². The summed E-state index contributed by atoms with van der Waals surface area (Å²) in [7, 11) is 0. The number of hydrogen-bond donors (Lipinski definition) is 2. The zero-order valence-electron chi connectivity index (χ0n) is 15.3. The highest BCUT2D eigenvalue weighted by molar-refractivity contribution is 7.19. The first-order valence-electron chi connectivity index (χ1n) is 8.87. The molecule has 1 aliphatic heterocycles. The minimum absolute atomic E-state index is 0.171. The Kier molecular flexibility index (Phi) is 3.82. The Morgan fingerprint density at radius 3 is 2.69 bits per heavy atom. The van der Waals surface area contributed by atoms with Crippen LogP contribution < -0.4 is 11.3 Å². The molecule has 0 spiro atoms. The van der Waals surface area contributed by atoms with Gasteiger partial charge in [-0.1, -0.05) is 29.5 Å². The normalized spacial score (nSPS) is 14.4. The van der Waals surface area contributed by atoms with Crippen LogP contribution >= 0.6 is 11.3 Å². The van der Waals surface area contributed by atoms with E-state index in [9.17, 15) is 9.90 Å². The standard InChI is InChI=1S/C21H15N5O2S/c1-11-15(14-4-2-3-5-17(14)23-11)10-16-18(22)26-21(24-19(16)28)29-20(25-26)12-6-8-13(27)9-7-12/h2-10,27H,22H2,1H3. The minimum Gasteiger partial charge on any atom is -0.508 e. The van der Waals surface area contributed by atoms with E-state index in [-0.39, 0.29) is 17.1 Å². The molecule has 0 amide bonds. The highest BCUT2D eigenvalue weighted by Gasteiger charge is 2.20. The van der Waals surface area contributed by atoms with Gasteiger partial charge in [0, 0.05) is 22.4 Å². The Morgan fingerprint density at radius 2 is 1.90 bits per heavy atom. The van der Waals surface area contributed by atoms with Crippen LogP contribution in [0.1, 0.15) is 18.1 Å². The molecule has 29 heavy (non-hydrogen) atoms. The van der Waals surface area contributed by atoms with E-state index in [1.54, 1.807) is 30.3 Å². The van der Waals surface area contributed by atoms with Crippen molar-refractivity contribution in [1.29, 1.82) is 0 Å². The first kappa shape index (κ1) is 17.3. The van der Waals surface area contributed by atoms with E-state index >= 15 is 0 Å². The van der Waals surface area contributed by atoms with Crippen molar-refractivity contribution in [1.82, 2.24) is 14.6 Å². The van der Waals surface area contributed by atoms with Gasteiger partial charge >= 0.3 is 0 Å². The minimum atomic E-state index is -0.409. The second-order valence-corrected chi connectivity index (χ2v) is 7.59. The van der Waals surface area contributed by atoms with Crippen LogP contribution in [0.4, 0.5) is 11.5 Å². The van der Waals surface area contributed by atoms with E-state index in [4.69, 9.17) is 5.73 Å². The zero-order chi connectivity index (χ0) is 20.1. The second-order valence-electron chi connectivity index (χ2n) is 6.64. The number of hydrogen-bond acceptors (Lipinski definition) is 7. The van der Waals surface area contributed by atoms with Gasteiger partial charge < -0.3 is 10.8 Å². The average molecular weight is 401 g/mol. The van der Waals surface area contributed by atoms with Crippen molar-refractivity contribution >= 4 is 45.2 Å². The van der Waals surface area contributed by atoms with Crippen LogP contribution in [0.3, 0.4) is 0 Å². The van der Waals surface area contributed by atoms with Gasteiger partial charge in [0.25, 0.3) is 5.56 Å². The fourth-order valence-electron chi connectivity index (χ4n) is 3.30. The molecule has 1 aliphatic rings. The van der Waals surface area contributed by atoms with Gasteiger partial charge in [-0.3, -0.25) is 9.79 Å². The van der Waals surface area contributed by atoms with Crippen molar-refractivity contribution in [2.24, 2.45) is 4.99 Å². The second kappa shape index (κ2) is 6.39. The maximum atomic E-state index is 12.7. The summed E-state index contributed by atoms with van der Waals surface area (Å²) in [5, 5.41) is 14.6. The summed E-state index contributed by atoms with van der Waals surface area (Å²) in [6.45, 7) is 1.90. The van der Waals surface area contributed by atoms with Crippen molar-refractivity contribution in [2.45, 2.75) is 6.92 Å². The van der Waals surface area contributed by atoms with Gasteiger partial charge in [0.2, 0.25) is 4.96 Å². The van der Waals surface area contributed by atoms with Crippen LogP contribution in [0.25, 0.3) is 27.2 Å². The molecule has 0 radical (unpaired) electrons. The Labute approximate surface area is 169 Å². The average Bonchev–Trinajstić information content (AvgIpc) is 3.26. The quantitative estimate of drug-likeness (QED) is 0.532. The lowest BCUT2D eigenvalue weighted by molar-refractivity contribution is 0.475. The number of benzene rings is 2.